The predicted octanol–water partition coefficient (Wildman–Crippen LogP) is 2.52. The molecule has 0 saturated heterocycles. The Labute approximate surface area is 120 Å². The maximum absolute atomic E-state index is 12.0. The molecule has 0 fully saturated rings. The fraction of sp³-hybridized carbons (Fsp3) is 0.385. The smallest absolute Gasteiger partial charge is 0.389 e. The number of alkyl halides is 3. The van der Waals surface area contributed by atoms with Gasteiger partial charge < -0.3 is 11.1 Å². The Bertz CT molecular complexity index is 462. The quantitative estimate of drug-likeness (QED) is 0.627. The number of hydrogen-bond donors (Lipinski definition) is 2. The Balaban J connectivity index is 2.57. The van der Waals surface area contributed by atoms with Crippen LogP contribution in [0.1, 0.15) is 24.3 Å². The predicted molar refractivity (Wildman–Crippen MR) is 74.3 cm³/mol. The van der Waals surface area contributed by atoms with E-state index in [2.05, 4.69) is 5.32 Å². The molecule has 110 valence electrons. The van der Waals surface area contributed by atoms with E-state index in [1.54, 1.807) is 30.3 Å². The Morgan fingerprint density at radius 3 is 2.40 bits per heavy atom. The zero-order valence-electron chi connectivity index (χ0n) is 10.6. The molecule has 3 nitrogen and oxygen atoms in total. The summed E-state index contributed by atoms with van der Waals surface area (Å²) in [5.41, 5.74) is 6.15. The summed E-state index contributed by atoms with van der Waals surface area (Å²) >= 11 is 4.85. The van der Waals surface area contributed by atoms with Gasteiger partial charge in [0, 0.05) is 13.0 Å². The number of nitrogens with two attached hydrogens (primary N) is 1. The van der Waals surface area contributed by atoms with Gasteiger partial charge in [-0.1, -0.05) is 42.5 Å². The first-order valence-electron chi connectivity index (χ1n) is 6.00. The third kappa shape index (κ3) is 5.56. The molecule has 1 amide bonds. The average molecular weight is 304 g/mol. The molecule has 0 aliphatic rings. The van der Waals surface area contributed by atoms with Gasteiger partial charge in [-0.2, -0.15) is 13.2 Å². The van der Waals surface area contributed by atoms with Crippen LogP contribution in [0.2, 0.25) is 0 Å². The Kier molecular flexibility index (Phi) is 5.94. The van der Waals surface area contributed by atoms with Crippen molar-refractivity contribution in [3.8, 4) is 0 Å². The number of thiocarbonyl (C=S) groups is 1. The van der Waals surface area contributed by atoms with Crippen molar-refractivity contribution in [1.82, 2.24) is 5.32 Å². The third-order valence-corrected chi connectivity index (χ3v) is 2.85. The maximum atomic E-state index is 12.0. The Hall–Kier alpha value is -1.63. The van der Waals surface area contributed by atoms with Crippen LogP contribution in [0, 0.1) is 0 Å². The zero-order chi connectivity index (χ0) is 15.2. The average Bonchev–Trinajstić information content (AvgIpc) is 2.34. The summed E-state index contributed by atoms with van der Waals surface area (Å²) in [4.78, 5) is 11.9. The molecular weight excluding hydrogens is 289 g/mol. The first-order chi connectivity index (χ1) is 9.31. The van der Waals surface area contributed by atoms with Crippen molar-refractivity contribution in [3.05, 3.63) is 35.9 Å². The molecule has 0 bridgehead atoms. The number of benzene rings is 1. The molecule has 0 spiro atoms. The van der Waals surface area contributed by atoms with Crippen molar-refractivity contribution in [1.29, 1.82) is 0 Å². The van der Waals surface area contributed by atoms with E-state index < -0.39 is 24.4 Å². The van der Waals surface area contributed by atoms with E-state index in [1.807, 2.05) is 0 Å². The second-order valence-electron chi connectivity index (χ2n) is 4.26. The van der Waals surface area contributed by atoms with Gasteiger partial charge in [0.1, 0.15) is 5.92 Å². The SMILES string of the molecule is NC(=S)C(C(=O)NCCCC(F)(F)F)c1ccccc1. The first kappa shape index (κ1) is 16.4. The Morgan fingerprint density at radius 1 is 1.30 bits per heavy atom. The summed E-state index contributed by atoms with van der Waals surface area (Å²) in [6, 6.07) is 8.63. The molecule has 1 unspecified atom stereocenters. The largest absolute Gasteiger partial charge is 0.392 e. The number of carbonyl (C=O) groups is 1. The molecule has 0 aliphatic carbocycles. The second-order valence-corrected chi connectivity index (χ2v) is 4.73. The lowest BCUT2D eigenvalue weighted by Crippen LogP contribution is -2.36. The van der Waals surface area contributed by atoms with E-state index in [4.69, 9.17) is 18.0 Å². The molecule has 1 aromatic carbocycles. The van der Waals surface area contributed by atoms with Crippen molar-refractivity contribution in [2.75, 3.05) is 6.54 Å². The number of amides is 1. The highest BCUT2D eigenvalue weighted by atomic mass is 32.1. The normalized spacial score (nSPS) is 12.8. The van der Waals surface area contributed by atoms with Gasteiger partial charge in [0.15, 0.2) is 0 Å². The minimum atomic E-state index is -4.22. The van der Waals surface area contributed by atoms with Crippen LogP contribution in [0.15, 0.2) is 30.3 Å². The van der Waals surface area contributed by atoms with Crippen LogP contribution in [0.25, 0.3) is 0 Å². The topological polar surface area (TPSA) is 55.1 Å². The minimum Gasteiger partial charge on any atom is -0.392 e. The zero-order valence-corrected chi connectivity index (χ0v) is 11.4. The van der Waals surface area contributed by atoms with Crippen molar-refractivity contribution in [3.63, 3.8) is 0 Å². The molecule has 7 heteroatoms. The summed E-state index contributed by atoms with van der Waals surface area (Å²) in [5, 5.41) is 2.43. The monoisotopic (exact) mass is 304 g/mol. The highest BCUT2D eigenvalue weighted by Gasteiger charge is 2.27. The summed E-state index contributed by atoms with van der Waals surface area (Å²) < 4.78 is 35.9. The standard InChI is InChI=1S/C13H15F3N2OS/c14-13(15,16)7-4-8-18-12(19)10(11(17)20)9-5-2-1-3-6-9/h1-3,5-6,10H,4,7-8H2,(H2,17,20)(H,18,19). The van der Waals surface area contributed by atoms with Crippen LogP contribution in [-0.2, 0) is 4.79 Å². The van der Waals surface area contributed by atoms with Gasteiger partial charge in [-0.3, -0.25) is 4.79 Å². The van der Waals surface area contributed by atoms with Crippen molar-refractivity contribution < 1.29 is 18.0 Å². The number of carbonyl (C=O) groups excluding carboxylic acids is 1. The van der Waals surface area contributed by atoms with Crippen LogP contribution in [0.3, 0.4) is 0 Å². The maximum Gasteiger partial charge on any atom is 0.389 e. The van der Waals surface area contributed by atoms with E-state index in [-0.39, 0.29) is 18.0 Å². The highest BCUT2D eigenvalue weighted by molar-refractivity contribution is 7.80. The van der Waals surface area contributed by atoms with Crippen LogP contribution in [0.5, 0.6) is 0 Å². The molecule has 1 aromatic rings. The van der Waals surface area contributed by atoms with Gasteiger partial charge in [0.05, 0.1) is 4.99 Å². The Morgan fingerprint density at radius 2 is 1.90 bits per heavy atom. The molecule has 1 rings (SSSR count). The van der Waals surface area contributed by atoms with Gasteiger partial charge in [-0.05, 0) is 12.0 Å². The van der Waals surface area contributed by atoms with Gasteiger partial charge in [-0.25, -0.2) is 0 Å². The van der Waals surface area contributed by atoms with Crippen molar-refractivity contribution in [2.45, 2.75) is 24.9 Å². The molecule has 0 saturated carbocycles. The van der Waals surface area contributed by atoms with Gasteiger partial charge in [0.25, 0.3) is 0 Å². The summed E-state index contributed by atoms with van der Waals surface area (Å²) in [7, 11) is 0. The molecule has 0 aliphatic heterocycles. The molecule has 0 heterocycles. The number of nitrogens with one attached hydrogen (secondary N) is 1. The van der Waals surface area contributed by atoms with Gasteiger partial charge in [-0.15, -0.1) is 0 Å². The van der Waals surface area contributed by atoms with Crippen LogP contribution in [-0.4, -0.2) is 23.6 Å². The van der Waals surface area contributed by atoms with Crippen LogP contribution >= 0.6 is 12.2 Å². The molecule has 1 atom stereocenters. The number of halogens is 3. The molecule has 20 heavy (non-hydrogen) atoms. The van der Waals surface area contributed by atoms with Gasteiger partial charge in [0.2, 0.25) is 5.91 Å². The lowest BCUT2D eigenvalue weighted by molar-refractivity contribution is -0.136. The fourth-order valence-corrected chi connectivity index (χ4v) is 1.94. The summed E-state index contributed by atoms with van der Waals surface area (Å²) in [6.07, 6.45) is -5.32. The second kappa shape index (κ2) is 7.23. The fourth-order valence-electron chi connectivity index (χ4n) is 1.69. The van der Waals surface area contributed by atoms with Crippen LogP contribution < -0.4 is 11.1 Å². The van der Waals surface area contributed by atoms with Crippen molar-refractivity contribution in [2.24, 2.45) is 5.73 Å². The van der Waals surface area contributed by atoms with E-state index in [1.165, 1.54) is 0 Å². The molecule has 0 radical (unpaired) electrons. The molecule has 0 aromatic heterocycles. The number of hydrogen-bond acceptors (Lipinski definition) is 2. The summed E-state index contributed by atoms with van der Waals surface area (Å²) in [6.45, 7) is -0.0652. The lowest BCUT2D eigenvalue weighted by Gasteiger charge is -2.16. The first-order valence-corrected chi connectivity index (χ1v) is 6.41. The van der Waals surface area contributed by atoms with Crippen molar-refractivity contribution >= 4 is 23.1 Å². The third-order valence-electron chi connectivity index (χ3n) is 2.62. The van der Waals surface area contributed by atoms with E-state index >= 15 is 0 Å². The minimum absolute atomic E-state index is 0.00970. The van der Waals surface area contributed by atoms with E-state index in [0.717, 1.165) is 0 Å². The molecular formula is C13H15F3N2OS. The van der Waals surface area contributed by atoms with E-state index in [9.17, 15) is 18.0 Å². The number of rotatable bonds is 6. The molecule has 3 N–H and O–H groups in total. The lowest BCUT2D eigenvalue weighted by atomic mass is 9.98. The van der Waals surface area contributed by atoms with E-state index in [0.29, 0.717) is 5.56 Å². The highest BCUT2D eigenvalue weighted by Crippen LogP contribution is 2.21. The van der Waals surface area contributed by atoms with Crippen LogP contribution in [0.4, 0.5) is 13.2 Å². The van der Waals surface area contributed by atoms with Gasteiger partial charge >= 0.3 is 6.18 Å². The summed E-state index contributed by atoms with van der Waals surface area (Å²) in [5.74, 6) is -1.30.